The second kappa shape index (κ2) is 3.89. The van der Waals surface area contributed by atoms with E-state index in [4.69, 9.17) is 5.73 Å². The Kier molecular flexibility index (Phi) is 2.51. The van der Waals surface area contributed by atoms with E-state index < -0.39 is 0 Å². The molecule has 0 heterocycles. The van der Waals surface area contributed by atoms with E-state index in [-0.39, 0.29) is 0 Å². The molecule has 0 fully saturated rings. The fourth-order valence-corrected chi connectivity index (χ4v) is 3.31. The first-order valence-corrected chi connectivity index (χ1v) is 6.67. The first kappa shape index (κ1) is 10.3. The molecule has 2 atom stereocenters. The minimum Gasteiger partial charge on any atom is -0.324 e. The number of nitrogens with two attached hydrogens (primary N) is 1. The summed E-state index contributed by atoms with van der Waals surface area (Å²) in [5, 5.41) is 0. The molecule has 0 saturated heterocycles. The average molecular weight is 215 g/mol. The molecule has 0 aromatic heterocycles. The smallest absolute Gasteiger partial charge is 0.0297 e. The predicted octanol–water partition coefficient (Wildman–Crippen LogP) is 3.46. The van der Waals surface area contributed by atoms with Crippen molar-refractivity contribution in [1.82, 2.24) is 0 Å². The van der Waals surface area contributed by atoms with Gasteiger partial charge in [0.2, 0.25) is 0 Å². The Morgan fingerprint density at radius 1 is 1.00 bits per heavy atom. The van der Waals surface area contributed by atoms with E-state index in [1.165, 1.54) is 37.7 Å². The summed E-state index contributed by atoms with van der Waals surface area (Å²) in [5.41, 5.74) is 12.4. The quantitative estimate of drug-likeness (QED) is 0.704. The van der Waals surface area contributed by atoms with Crippen molar-refractivity contribution in [3.05, 3.63) is 34.4 Å². The van der Waals surface area contributed by atoms with Gasteiger partial charge in [0.05, 0.1) is 0 Å². The molecule has 3 rings (SSSR count). The van der Waals surface area contributed by atoms with E-state index in [0.717, 1.165) is 6.42 Å². The van der Waals surface area contributed by atoms with E-state index in [1.54, 1.807) is 16.7 Å². The predicted molar refractivity (Wildman–Crippen MR) is 67.7 cm³/mol. The maximum absolute atomic E-state index is 6.24. The van der Waals surface area contributed by atoms with Gasteiger partial charge in [-0.15, -0.1) is 0 Å². The number of fused-ring (bicyclic) bond motifs is 2. The number of benzene rings is 1. The van der Waals surface area contributed by atoms with Gasteiger partial charge in [-0.25, -0.2) is 0 Å². The van der Waals surface area contributed by atoms with Crippen LogP contribution in [0.2, 0.25) is 0 Å². The molecule has 2 N–H and O–H groups in total. The Hall–Kier alpha value is -0.820. The molecular formula is C15H21N. The van der Waals surface area contributed by atoms with Crippen LogP contribution in [0.15, 0.2) is 12.1 Å². The van der Waals surface area contributed by atoms with Crippen LogP contribution < -0.4 is 5.73 Å². The van der Waals surface area contributed by atoms with Crippen LogP contribution in [-0.4, -0.2) is 0 Å². The van der Waals surface area contributed by atoms with Crippen molar-refractivity contribution in [2.75, 3.05) is 0 Å². The highest BCUT2D eigenvalue weighted by atomic mass is 14.6. The Morgan fingerprint density at radius 2 is 1.62 bits per heavy atom. The lowest BCUT2D eigenvalue weighted by Gasteiger charge is -2.30. The molecular weight excluding hydrogens is 194 g/mol. The van der Waals surface area contributed by atoms with Crippen molar-refractivity contribution in [2.24, 2.45) is 5.73 Å². The summed E-state index contributed by atoms with van der Waals surface area (Å²) in [4.78, 5) is 0. The lowest BCUT2D eigenvalue weighted by molar-refractivity contribution is 0.510. The van der Waals surface area contributed by atoms with Crippen molar-refractivity contribution in [3.63, 3.8) is 0 Å². The Bertz CT molecular complexity index is 369. The number of hydrogen-bond donors (Lipinski definition) is 1. The fraction of sp³-hybridized carbons (Fsp3) is 0.600. The zero-order valence-corrected chi connectivity index (χ0v) is 10.1. The maximum Gasteiger partial charge on any atom is 0.0297 e. The fourth-order valence-electron chi connectivity index (χ4n) is 3.31. The lowest BCUT2D eigenvalue weighted by Crippen LogP contribution is -2.21. The van der Waals surface area contributed by atoms with Crippen LogP contribution in [0.25, 0.3) is 0 Å². The summed E-state index contributed by atoms with van der Waals surface area (Å²) in [6.07, 6.45) is 7.69. The van der Waals surface area contributed by atoms with E-state index in [0.29, 0.717) is 12.0 Å². The summed E-state index contributed by atoms with van der Waals surface area (Å²) < 4.78 is 0. The molecule has 1 nitrogen and oxygen atoms in total. The minimum atomic E-state index is 0.290. The molecule has 16 heavy (non-hydrogen) atoms. The standard InChI is InChI=1S/C15H21N/c1-10-6-7-15(16)14-9-12-5-3-2-4-11(12)8-13(10)14/h8-10,15H,2-7,16H2,1H3. The highest BCUT2D eigenvalue weighted by Crippen LogP contribution is 2.38. The summed E-state index contributed by atoms with van der Waals surface area (Å²) in [7, 11) is 0. The molecule has 86 valence electrons. The third-order valence-electron chi connectivity index (χ3n) is 4.39. The van der Waals surface area contributed by atoms with Gasteiger partial charge in [-0.05, 0) is 66.7 Å². The second-order valence-electron chi connectivity index (χ2n) is 5.54. The SMILES string of the molecule is CC1CCC(N)c2cc3c(cc21)CCCC3. The number of rotatable bonds is 0. The van der Waals surface area contributed by atoms with Gasteiger partial charge in [0.15, 0.2) is 0 Å². The van der Waals surface area contributed by atoms with Crippen LogP contribution in [0.3, 0.4) is 0 Å². The van der Waals surface area contributed by atoms with Gasteiger partial charge in [0.25, 0.3) is 0 Å². The minimum absolute atomic E-state index is 0.290. The molecule has 2 aliphatic carbocycles. The molecule has 2 unspecified atom stereocenters. The van der Waals surface area contributed by atoms with Crippen molar-refractivity contribution in [3.8, 4) is 0 Å². The van der Waals surface area contributed by atoms with Gasteiger partial charge in [-0.3, -0.25) is 0 Å². The van der Waals surface area contributed by atoms with Crippen LogP contribution in [-0.2, 0) is 12.8 Å². The van der Waals surface area contributed by atoms with E-state index in [1.807, 2.05) is 0 Å². The highest BCUT2D eigenvalue weighted by Gasteiger charge is 2.24. The summed E-state index contributed by atoms with van der Waals surface area (Å²) in [6.45, 7) is 2.35. The van der Waals surface area contributed by atoms with E-state index >= 15 is 0 Å². The van der Waals surface area contributed by atoms with Crippen molar-refractivity contribution in [1.29, 1.82) is 0 Å². The molecule has 0 saturated carbocycles. The van der Waals surface area contributed by atoms with Crippen LogP contribution in [0.5, 0.6) is 0 Å². The van der Waals surface area contributed by atoms with Gasteiger partial charge >= 0.3 is 0 Å². The van der Waals surface area contributed by atoms with Gasteiger partial charge in [0.1, 0.15) is 0 Å². The zero-order valence-electron chi connectivity index (χ0n) is 10.1. The van der Waals surface area contributed by atoms with Gasteiger partial charge in [0, 0.05) is 6.04 Å². The van der Waals surface area contributed by atoms with E-state index in [9.17, 15) is 0 Å². The lowest BCUT2D eigenvalue weighted by atomic mass is 9.77. The van der Waals surface area contributed by atoms with Crippen LogP contribution in [0.1, 0.15) is 66.8 Å². The second-order valence-corrected chi connectivity index (χ2v) is 5.54. The number of hydrogen-bond acceptors (Lipinski definition) is 1. The third-order valence-corrected chi connectivity index (χ3v) is 4.39. The largest absolute Gasteiger partial charge is 0.324 e. The first-order chi connectivity index (χ1) is 7.75. The van der Waals surface area contributed by atoms with Crippen LogP contribution >= 0.6 is 0 Å². The van der Waals surface area contributed by atoms with Gasteiger partial charge in [-0.1, -0.05) is 19.1 Å². The Labute approximate surface area is 98.0 Å². The molecule has 0 aliphatic heterocycles. The van der Waals surface area contributed by atoms with Crippen LogP contribution in [0, 0.1) is 0 Å². The third kappa shape index (κ3) is 1.58. The van der Waals surface area contributed by atoms with Crippen molar-refractivity contribution >= 4 is 0 Å². The van der Waals surface area contributed by atoms with Gasteiger partial charge in [-0.2, -0.15) is 0 Å². The summed E-state index contributed by atoms with van der Waals surface area (Å²) >= 11 is 0. The maximum atomic E-state index is 6.24. The normalized spacial score (nSPS) is 28.4. The van der Waals surface area contributed by atoms with Crippen molar-refractivity contribution in [2.45, 2.75) is 57.4 Å². The molecule has 1 aromatic rings. The molecule has 2 aliphatic rings. The summed E-state index contributed by atoms with van der Waals surface area (Å²) in [5.74, 6) is 0.710. The average Bonchev–Trinajstić information content (AvgIpc) is 2.32. The molecule has 1 heteroatoms. The monoisotopic (exact) mass is 215 g/mol. The number of aryl methyl sites for hydroxylation is 2. The highest BCUT2D eigenvalue weighted by molar-refractivity contribution is 5.44. The molecule has 0 spiro atoms. The first-order valence-electron chi connectivity index (χ1n) is 6.67. The van der Waals surface area contributed by atoms with Crippen LogP contribution in [0.4, 0.5) is 0 Å². The molecule has 0 amide bonds. The molecule has 0 bridgehead atoms. The van der Waals surface area contributed by atoms with E-state index in [2.05, 4.69) is 19.1 Å². The molecule has 1 aromatic carbocycles. The zero-order chi connectivity index (χ0) is 11.1. The van der Waals surface area contributed by atoms with Crippen molar-refractivity contribution < 1.29 is 0 Å². The topological polar surface area (TPSA) is 26.0 Å². The Balaban J connectivity index is 2.11. The van der Waals surface area contributed by atoms with Gasteiger partial charge < -0.3 is 5.73 Å². The summed E-state index contributed by atoms with van der Waals surface area (Å²) in [6, 6.07) is 5.18. The Morgan fingerprint density at radius 3 is 2.31 bits per heavy atom. The molecule has 0 radical (unpaired) electrons.